The van der Waals surface area contributed by atoms with Crippen LogP contribution in [0.5, 0.6) is 0 Å². The fourth-order valence-electron chi connectivity index (χ4n) is 1.72. The van der Waals surface area contributed by atoms with Crippen molar-refractivity contribution in [3.63, 3.8) is 0 Å². The van der Waals surface area contributed by atoms with E-state index in [9.17, 15) is 14.4 Å². The first-order valence-electron chi connectivity index (χ1n) is 6.24. The average molecular weight is 366 g/mol. The zero-order valence-electron chi connectivity index (χ0n) is 11.5. The highest BCUT2D eigenvalue weighted by molar-refractivity contribution is 9.10. The lowest BCUT2D eigenvalue weighted by Gasteiger charge is -2.09. The van der Waals surface area contributed by atoms with E-state index in [1.165, 1.54) is 0 Å². The van der Waals surface area contributed by atoms with Gasteiger partial charge in [0.15, 0.2) is 5.69 Å². The van der Waals surface area contributed by atoms with E-state index in [1.54, 1.807) is 6.07 Å². The summed E-state index contributed by atoms with van der Waals surface area (Å²) in [4.78, 5) is 34.4. The number of carboxylic acid groups (broad SMARTS) is 1. The minimum absolute atomic E-state index is 0.302. The number of nitrogens with zero attached hydrogens (tertiary/aromatic N) is 2. The smallest absolute Gasteiger partial charge is 0.356 e. The molecular weight excluding hydrogens is 354 g/mol. The van der Waals surface area contributed by atoms with Gasteiger partial charge in [0, 0.05) is 10.5 Å². The summed E-state index contributed by atoms with van der Waals surface area (Å²) in [7, 11) is 0. The molecule has 0 bridgehead atoms. The first-order valence-corrected chi connectivity index (χ1v) is 7.03. The van der Waals surface area contributed by atoms with Gasteiger partial charge in [-0.25, -0.2) is 9.48 Å². The highest BCUT2D eigenvalue weighted by Gasteiger charge is 2.11. The van der Waals surface area contributed by atoms with E-state index in [-0.39, 0.29) is 12.2 Å². The highest BCUT2D eigenvalue weighted by atomic mass is 79.9. The molecule has 0 aliphatic carbocycles. The van der Waals surface area contributed by atoms with Crippen molar-refractivity contribution in [3.8, 4) is 0 Å². The van der Waals surface area contributed by atoms with Gasteiger partial charge in [-0.3, -0.25) is 9.59 Å². The van der Waals surface area contributed by atoms with Crippen LogP contribution >= 0.6 is 15.9 Å². The van der Waals surface area contributed by atoms with Crippen molar-refractivity contribution >= 4 is 33.5 Å². The Hall–Kier alpha value is -2.48. The molecule has 1 aromatic heterocycles. The zero-order valence-corrected chi connectivity index (χ0v) is 13.1. The van der Waals surface area contributed by atoms with Crippen LogP contribution in [0.1, 0.15) is 16.1 Å². The number of hydrogen-bond donors (Lipinski definition) is 2. The Kier molecular flexibility index (Phi) is 4.71. The van der Waals surface area contributed by atoms with Crippen molar-refractivity contribution in [1.29, 1.82) is 0 Å². The molecule has 2 rings (SSSR count). The highest BCUT2D eigenvalue weighted by Crippen LogP contribution is 2.23. The van der Waals surface area contributed by atoms with Crippen LogP contribution in [0.25, 0.3) is 0 Å². The SMILES string of the molecule is Cc1ccc(NC(=O)Cn2nc(C(=O)O)ccc2=O)c(Br)c1. The Morgan fingerprint density at radius 2 is 2.05 bits per heavy atom. The van der Waals surface area contributed by atoms with Crippen LogP contribution in [0, 0.1) is 6.92 Å². The number of nitrogens with one attached hydrogen (secondary N) is 1. The van der Waals surface area contributed by atoms with Gasteiger partial charge in [-0.15, -0.1) is 0 Å². The standard InChI is InChI=1S/C14H12BrN3O4/c1-8-2-3-10(9(15)6-8)16-12(19)7-18-13(20)5-4-11(17-18)14(21)22/h2-6H,7H2,1H3,(H,16,19)(H,21,22). The molecule has 0 radical (unpaired) electrons. The minimum atomic E-state index is -1.27. The van der Waals surface area contributed by atoms with Crippen LogP contribution in [-0.2, 0) is 11.3 Å². The Morgan fingerprint density at radius 1 is 1.32 bits per heavy atom. The van der Waals surface area contributed by atoms with E-state index in [1.807, 2.05) is 19.1 Å². The van der Waals surface area contributed by atoms with Gasteiger partial charge in [0.1, 0.15) is 6.54 Å². The van der Waals surface area contributed by atoms with Crippen molar-refractivity contribution in [2.45, 2.75) is 13.5 Å². The van der Waals surface area contributed by atoms with Crippen molar-refractivity contribution < 1.29 is 14.7 Å². The number of rotatable bonds is 4. The van der Waals surface area contributed by atoms with E-state index in [2.05, 4.69) is 26.3 Å². The second kappa shape index (κ2) is 6.52. The van der Waals surface area contributed by atoms with Gasteiger partial charge in [-0.05, 0) is 46.6 Å². The van der Waals surface area contributed by atoms with E-state index >= 15 is 0 Å². The summed E-state index contributed by atoms with van der Waals surface area (Å²) < 4.78 is 1.52. The maximum absolute atomic E-state index is 12.0. The maximum atomic E-state index is 12.0. The number of anilines is 1. The summed E-state index contributed by atoms with van der Waals surface area (Å²) in [5.74, 6) is -1.75. The van der Waals surface area contributed by atoms with Gasteiger partial charge >= 0.3 is 5.97 Å². The molecule has 1 heterocycles. The number of carbonyl (C=O) groups excluding carboxylic acids is 1. The molecule has 0 fully saturated rings. The number of aromatic nitrogens is 2. The summed E-state index contributed by atoms with van der Waals surface area (Å²) in [5, 5.41) is 15.1. The normalized spacial score (nSPS) is 10.3. The quantitative estimate of drug-likeness (QED) is 0.857. The summed E-state index contributed by atoms with van der Waals surface area (Å²) in [5.41, 5.74) is 0.724. The third kappa shape index (κ3) is 3.79. The fourth-order valence-corrected chi connectivity index (χ4v) is 2.32. The van der Waals surface area contributed by atoms with Gasteiger partial charge in [0.05, 0.1) is 5.69 Å². The molecule has 22 heavy (non-hydrogen) atoms. The lowest BCUT2D eigenvalue weighted by atomic mass is 10.2. The molecule has 114 valence electrons. The second-order valence-electron chi connectivity index (χ2n) is 4.55. The molecule has 0 saturated carbocycles. The van der Waals surface area contributed by atoms with Crippen LogP contribution in [-0.4, -0.2) is 26.8 Å². The van der Waals surface area contributed by atoms with Crippen LogP contribution in [0.15, 0.2) is 39.6 Å². The predicted octanol–water partition coefficient (Wildman–Crippen LogP) is 1.65. The Bertz CT molecular complexity index is 801. The third-order valence-corrected chi connectivity index (χ3v) is 3.43. The average Bonchev–Trinajstić information content (AvgIpc) is 2.44. The molecule has 1 amide bonds. The van der Waals surface area contributed by atoms with Crippen LogP contribution in [0.2, 0.25) is 0 Å². The largest absolute Gasteiger partial charge is 0.476 e. The molecule has 0 aliphatic heterocycles. The summed E-state index contributed by atoms with van der Waals surface area (Å²) >= 11 is 3.33. The van der Waals surface area contributed by atoms with E-state index < -0.39 is 17.4 Å². The Balaban J connectivity index is 2.17. The maximum Gasteiger partial charge on any atom is 0.356 e. The molecule has 1 aromatic carbocycles. The summed E-state index contributed by atoms with van der Waals surface area (Å²) in [6.07, 6.45) is 0. The Labute approximate surface area is 133 Å². The van der Waals surface area contributed by atoms with Gasteiger partial charge in [-0.1, -0.05) is 6.07 Å². The number of carbonyl (C=O) groups is 2. The van der Waals surface area contributed by atoms with Crippen molar-refractivity contribution in [1.82, 2.24) is 9.78 Å². The van der Waals surface area contributed by atoms with Gasteiger partial charge in [0.25, 0.3) is 5.56 Å². The summed E-state index contributed by atoms with van der Waals surface area (Å²) in [6, 6.07) is 7.54. The number of amides is 1. The number of aromatic carboxylic acids is 1. The van der Waals surface area contributed by atoms with E-state index in [4.69, 9.17) is 5.11 Å². The number of hydrogen-bond acceptors (Lipinski definition) is 4. The van der Waals surface area contributed by atoms with Gasteiger partial charge < -0.3 is 10.4 Å². The monoisotopic (exact) mass is 365 g/mol. The molecule has 2 N–H and O–H groups in total. The van der Waals surface area contributed by atoms with E-state index in [0.717, 1.165) is 22.4 Å². The van der Waals surface area contributed by atoms with Crippen molar-refractivity contribution in [2.24, 2.45) is 0 Å². The second-order valence-corrected chi connectivity index (χ2v) is 5.41. The molecule has 8 heteroatoms. The lowest BCUT2D eigenvalue weighted by Crippen LogP contribution is -2.30. The Morgan fingerprint density at radius 3 is 2.68 bits per heavy atom. The first-order chi connectivity index (χ1) is 10.4. The molecular formula is C14H12BrN3O4. The predicted molar refractivity (Wildman–Crippen MR) is 83.0 cm³/mol. The van der Waals surface area contributed by atoms with Crippen LogP contribution in [0.3, 0.4) is 0 Å². The fraction of sp³-hybridized carbons (Fsp3) is 0.143. The number of carboxylic acids is 1. The first kappa shape index (κ1) is 15.9. The summed E-state index contributed by atoms with van der Waals surface area (Å²) in [6.45, 7) is 1.54. The molecule has 0 aliphatic rings. The molecule has 0 spiro atoms. The number of halogens is 1. The third-order valence-electron chi connectivity index (χ3n) is 2.78. The minimum Gasteiger partial charge on any atom is -0.476 e. The molecule has 0 atom stereocenters. The van der Waals surface area contributed by atoms with Crippen LogP contribution < -0.4 is 10.9 Å². The van der Waals surface area contributed by atoms with Crippen LogP contribution in [0.4, 0.5) is 5.69 Å². The zero-order chi connectivity index (χ0) is 16.3. The number of aryl methyl sites for hydroxylation is 1. The van der Waals surface area contributed by atoms with Gasteiger partial charge in [0.2, 0.25) is 5.91 Å². The van der Waals surface area contributed by atoms with Crippen molar-refractivity contribution in [3.05, 3.63) is 56.4 Å². The van der Waals surface area contributed by atoms with Gasteiger partial charge in [-0.2, -0.15) is 5.10 Å². The molecule has 0 unspecified atom stereocenters. The molecule has 2 aromatic rings. The topological polar surface area (TPSA) is 101 Å². The molecule has 7 nitrogen and oxygen atoms in total. The van der Waals surface area contributed by atoms with E-state index in [0.29, 0.717) is 10.2 Å². The lowest BCUT2D eigenvalue weighted by molar-refractivity contribution is -0.117. The number of benzene rings is 1. The molecule has 0 saturated heterocycles. The van der Waals surface area contributed by atoms with Crippen molar-refractivity contribution in [2.75, 3.05) is 5.32 Å².